The average Bonchev–Trinajstić information content (AvgIpc) is 1.63. The summed E-state index contributed by atoms with van der Waals surface area (Å²) < 4.78 is 12.6. The largest absolute Gasteiger partial charge is 0.246 e. The van der Waals surface area contributed by atoms with Gasteiger partial charge >= 0.3 is 0 Å². The number of rotatable bonds is 3. The summed E-state index contributed by atoms with van der Waals surface area (Å²) in [6.07, 6.45) is -0.267. The summed E-state index contributed by atoms with van der Waals surface area (Å²) in [7, 11) is 0. The summed E-state index contributed by atoms with van der Waals surface area (Å²) in [6, 6.07) is 0. The Kier molecular flexibility index (Phi) is 4.20. The molecule has 0 fully saturated rings. The third-order valence-corrected chi connectivity index (χ3v) is 1.47. The molecule has 0 radical (unpaired) electrons. The van der Waals surface area contributed by atoms with Crippen LogP contribution < -0.4 is 0 Å². The first-order valence-corrected chi connectivity index (χ1v) is 3.75. The zero-order valence-corrected chi connectivity index (χ0v) is 6.95. The van der Waals surface area contributed by atoms with Gasteiger partial charge in [0.2, 0.25) is 0 Å². The van der Waals surface area contributed by atoms with Crippen molar-refractivity contribution in [3.05, 3.63) is 0 Å². The predicted molar refractivity (Wildman–Crippen MR) is 39.7 cm³/mol. The highest BCUT2D eigenvalue weighted by Crippen LogP contribution is 2.14. The first-order valence-electron chi connectivity index (χ1n) is 3.32. The first-order chi connectivity index (χ1) is 4.04. The van der Waals surface area contributed by atoms with E-state index in [4.69, 9.17) is 11.6 Å². The van der Waals surface area contributed by atoms with Crippen LogP contribution in [0.2, 0.25) is 0 Å². The van der Waals surface area contributed by atoms with Crippen LogP contribution >= 0.6 is 11.6 Å². The zero-order chi connectivity index (χ0) is 7.44. The summed E-state index contributed by atoms with van der Waals surface area (Å²) in [5.74, 6) is 0.404. The lowest BCUT2D eigenvalue weighted by atomic mass is 10.1. The lowest BCUT2D eigenvalue weighted by Gasteiger charge is -2.11. The lowest BCUT2D eigenvalue weighted by Crippen LogP contribution is -2.14. The summed E-state index contributed by atoms with van der Waals surface area (Å²) in [5.41, 5.74) is 0. The summed E-state index contributed by atoms with van der Waals surface area (Å²) in [4.78, 5) is 0. The van der Waals surface area contributed by atoms with Crippen molar-refractivity contribution in [1.29, 1.82) is 0 Å². The number of halogens is 2. The van der Waals surface area contributed by atoms with E-state index in [0.717, 1.165) is 0 Å². The summed E-state index contributed by atoms with van der Waals surface area (Å²) in [6.45, 7) is 5.67. The van der Waals surface area contributed by atoms with Gasteiger partial charge in [-0.05, 0) is 19.3 Å². The molecular formula is C7H14ClF. The fourth-order valence-electron chi connectivity index (χ4n) is 0.638. The molecule has 0 nitrogen and oxygen atoms in total. The van der Waals surface area contributed by atoms with Crippen LogP contribution in [-0.4, -0.2) is 11.5 Å². The fraction of sp³-hybridized carbons (Fsp3) is 1.00. The van der Waals surface area contributed by atoms with Gasteiger partial charge in [-0.1, -0.05) is 13.8 Å². The molecule has 0 saturated heterocycles. The molecule has 0 aliphatic heterocycles. The quantitative estimate of drug-likeness (QED) is 0.546. The monoisotopic (exact) mass is 152 g/mol. The number of alkyl halides is 2. The van der Waals surface area contributed by atoms with E-state index >= 15 is 0 Å². The number of hydrogen-bond acceptors (Lipinski definition) is 0. The van der Waals surface area contributed by atoms with Crippen LogP contribution in [-0.2, 0) is 0 Å². The Morgan fingerprint density at radius 1 is 1.33 bits per heavy atom. The second-order valence-corrected chi connectivity index (χ2v) is 3.51. The van der Waals surface area contributed by atoms with E-state index in [1.807, 2.05) is 13.8 Å². The zero-order valence-electron chi connectivity index (χ0n) is 6.20. The highest BCUT2D eigenvalue weighted by atomic mass is 35.5. The van der Waals surface area contributed by atoms with Gasteiger partial charge in [-0.3, -0.25) is 0 Å². The molecular weight excluding hydrogens is 139 g/mol. The Labute approximate surface area is 61.4 Å². The van der Waals surface area contributed by atoms with Crippen LogP contribution in [0.1, 0.15) is 27.2 Å². The maximum Gasteiger partial charge on any atom is 0.116 e. The van der Waals surface area contributed by atoms with E-state index in [0.29, 0.717) is 12.3 Å². The Balaban J connectivity index is 3.38. The third kappa shape index (κ3) is 4.71. The van der Waals surface area contributed by atoms with Gasteiger partial charge in [0.1, 0.15) is 6.17 Å². The first kappa shape index (κ1) is 9.22. The van der Waals surface area contributed by atoms with E-state index in [2.05, 4.69) is 0 Å². The van der Waals surface area contributed by atoms with Crippen molar-refractivity contribution in [2.24, 2.45) is 5.92 Å². The smallest absolute Gasteiger partial charge is 0.116 e. The van der Waals surface area contributed by atoms with Crippen LogP contribution in [0.3, 0.4) is 0 Å². The van der Waals surface area contributed by atoms with Crippen molar-refractivity contribution >= 4 is 11.6 Å². The second-order valence-electron chi connectivity index (χ2n) is 2.82. The minimum absolute atomic E-state index is 0.340. The minimum atomic E-state index is -0.841. The molecule has 56 valence electrons. The van der Waals surface area contributed by atoms with Gasteiger partial charge in [0.15, 0.2) is 0 Å². The molecule has 0 saturated carbocycles. The molecule has 9 heavy (non-hydrogen) atoms. The molecule has 2 heteroatoms. The van der Waals surface area contributed by atoms with E-state index in [9.17, 15) is 4.39 Å². The number of hydrogen-bond donors (Lipinski definition) is 0. The van der Waals surface area contributed by atoms with Gasteiger partial charge < -0.3 is 0 Å². The molecule has 0 rings (SSSR count). The molecule has 0 aliphatic rings. The fourth-order valence-corrected chi connectivity index (χ4v) is 0.741. The van der Waals surface area contributed by atoms with E-state index < -0.39 is 6.17 Å². The second kappa shape index (κ2) is 4.10. The van der Waals surface area contributed by atoms with Gasteiger partial charge in [0, 0.05) is 0 Å². The molecule has 0 spiro atoms. The standard InChI is InChI=1S/C7H14ClF/c1-5(2)4-7(9)6(3)8/h5-7H,4H2,1-3H3. The Morgan fingerprint density at radius 2 is 1.78 bits per heavy atom. The predicted octanol–water partition coefficient (Wildman–Crippen LogP) is 3.00. The molecule has 0 aromatic heterocycles. The maximum absolute atomic E-state index is 12.6. The molecule has 0 aromatic rings. The normalized spacial score (nSPS) is 18.0. The van der Waals surface area contributed by atoms with E-state index in [-0.39, 0.29) is 5.38 Å². The minimum Gasteiger partial charge on any atom is -0.246 e. The molecule has 0 bridgehead atoms. The molecule has 0 N–H and O–H groups in total. The Hall–Kier alpha value is 0.220. The van der Waals surface area contributed by atoms with Crippen LogP contribution in [0, 0.1) is 5.92 Å². The van der Waals surface area contributed by atoms with Gasteiger partial charge in [-0.15, -0.1) is 11.6 Å². The highest BCUT2D eigenvalue weighted by Gasteiger charge is 2.14. The van der Waals surface area contributed by atoms with Crippen LogP contribution in [0.4, 0.5) is 4.39 Å². The molecule has 0 heterocycles. The lowest BCUT2D eigenvalue weighted by molar-refractivity contribution is 0.279. The van der Waals surface area contributed by atoms with Crippen molar-refractivity contribution < 1.29 is 4.39 Å². The Morgan fingerprint density at radius 3 is 1.89 bits per heavy atom. The van der Waals surface area contributed by atoms with Crippen molar-refractivity contribution in [3.8, 4) is 0 Å². The van der Waals surface area contributed by atoms with Crippen molar-refractivity contribution in [1.82, 2.24) is 0 Å². The van der Waals surface area contributed by atoms with Crippen molar-refractivity contribution in [2.45, 2.75) is 38.7 Å². The molecule has 0 aliphatic carbocycles. The average molecular weight is 153 g/mol. The van der Waals surface area contributed by atoms with E-state index in [1.54, 1.807) is 6.92 Å². The van der Waals surface area contributed by atoms with Crippen LogP contribution in [0.5, 0.6) is 0 Å². The Bertz CT molecular complexity index is 71.3. The third-order valence-electron chi connectivity index (χ3n) is 1.19. The molecule has 0 amide bonds. The highest BCUT2D eigenvalue weighted by molar-refractivity contribution is 6.20. The van der Waals surface area contributed by atoms with Gasteiger partial charge in [-0.2, -0.15) is 0 Å². The summed E-state index contributed by atoms with van der Waals surface area (Å²) in [5, 5.41) is -0.340. The van der Waals surface area contributed by atoms with Crippen molar-refractivity contribution in [2.75, 3.05) is 0 Å². The maximum atomic E-state index is 12.6. The summed E-state index contributed by atoms with van der Waals surface area (Å²) >= 11 is 5.50. The van der Waals surface area contributed by atoms with E-state index in [1.165, 1.54) is 0 Å². The molecule has 2 atom stereocenters. The van der Waals surface area contributed by atoms with Crippen LogP contribution in [0.25, 0.3) is 0 Å². The van der Waals surface area contributed by atoms with Crippen molar-refractivity contribution in [3.63, 3.8) is 0 Å². The topological polar surface area (TPSA) is 0 Å². The van der Waals surface area contributed by atoms with Gasteiger partial charge in [0.25, 0.3) is 0 Å². The van der Waals surface area contributed by atoms with Gasteiger partial charge in [0.05, 0.1) is 5.38 Å². The molecule has 0 aromatic carbocycles. The van der Waals surface area contributed by atoms with Gasteiger partial charge in [-0.25, -0.2) is 4.39 Å². The van der Waals surface area contributed by atoms with Crippen LogP contribution in [0.15, 0.2) is 0 Å². The SMILES string of the molecule is CC(C)CC(F)C(C)Cl. The molecule has 2 unspecified atom stereocenters.